The summed E-state index contributed by atoms with van der Waals surface area (Å²) in [5, 5.41) is 2.44. The van der Waals surface area contributed by atoms with E-state index in [1.54, 1.807) is 6.07 Å². The second-order valence-electron chi connectivity index (χ2n) is 4.79. The lowest BCUT2D eigenvalue weighted by Gasteiger charge is -2.28. The van der Waals surface area contributed by atoms with Gasteiger partial charge in [-0.3, -0.25) is 4.90 Å². The van der Waals surface area contributed by atoms with E-state index in [9.17, 15) is 4.79 Å². The highest BCUT2D eigenvalue weighted by Gasteiger charge is 2.27. The van der Waals surface area contributed by atoms with Gasteiger partial charge in [0, 0.05) is 25.7 Å². The molecule has 1 saturated heterocycles. The Balaban J connectivity index is 2.25. The van der Waals surface area contributed by atoms with E-state index in [1.165, 1.54) is 7.05 Å². The molecule has 0 radical (unpaired) electrons. The van der Waals surface area contributed by atoms with Crippen LogP contribution in [-0.2, 0) is 4.74 Å². The quantitative estimate of drug-likeness (QED) is 0.844. The Hall–Kier alpha value is -2.03. The Bertz CT molecular complexity index is 518. The van der Waals surface area contributed by atoms with Gasteiger partial charge in [0.25, 0.3) is 0 Å². The molecular formula is C16H20N2O3. The van der Waals surface area contributed by atoms with Crippen molar-refractivity contribution in [2.75, 3.05) is 26.7 Å². The van der Waals surface area contributed by atoms with Crippen LogP contribution in [0.3, 0.4) is 0 Å². The van der Waals surface area contributed by atoms with E-state index in [0.717, 1.165) is 31.5 Å². The van der Waals surface area contributed by atoms with Crippen molar-refractivity contribution in [1.82, 2.24) is 10.2 Å². The van der Waals surface area contributed by atoms with E-state index in [2.05, 4.69) is 16.1 Å². The topological polar surface area (TPSA) is 50.8 Å². The van der Waals surface area contributed by atoms with E-state index >= 15 is 0 Å². The van der Waals surface area contributed by atoms with Crippen LogP contribution in [0.5, 0.6) is 5.75 Å². The van der Waals surface area contributed by atoms with Crippen LogP contribution in [-0.4, -0.2) is 37.7 Å². The highest BCUT2D eigenvalue weighted by atomic mass is 16.6. The summed E-state index contributed by atoms with van der Waals surface area (Å²) in [5.41, 5.74) is 0.818. The van der Waals surface area contributed by atoms with Gasteiger partial charge in [0.15, 0.2) is 0 Å². The highest BCUT2D eigenvalue weighted by Crippen LogP contribution is 2.32. The van der Waals surface area contributed by atoms with Gasteiger partial charge >= 0.3 is 6.09 Å². The number of rotatable bonds is 5. The van der Waals surface area contributed by atoms with Crippen LogP contribution in [0.4, 0.5) is 4.79 Å². The molecule has 1 amide bonds. The third-order valence-corrected chi connectivity index (χ3v) is 3.39. The first-order valence-corrected chi connectivity index (χ1v) is 7.04. The van der Waals surface area contributed by atoms with E-state index in [4.69, 9.17) is 15.9 Å². The predicted octanol–water partition coefficient (Wildman–Crippen LogP) is 2.15. The molecule has 0 spiro atoms. The standard InChI is InChI=1S/C16H20N2O3/c1-3-12-20-15(18-10-6-7-11-18)13-8-4-5-9-14(13)21-16(19)17-2/h1,4-5,8-9,15H,6-7,10-12H2,2H3,(H,17,19). The lowest BCUT2D eigenvalue weighted by Crippen LogP contribution is -2.29. The van der Waals surface area contributed by atoms with Crippen molar-refractivity contribution < 1.29 is 14.3 Å². The van der Waals surface area contributed by atoms with Crippen LogP contribution < -0.4 is 10.1 Å². The Morgan fingerprint density at radius 1 is 1.43 bits per heavy atom. The number of terminal acetylenes is 1. The van der Waals surface area contributed by atoms with Crippen molar-refractivity contribution in [3.63, 3.8) is 0 Å². The molecule has 1 fully saturated rings. The van der Waals surface area contributed by atoms with Crippen LogP contribution in [0.25, 0.3) is 0 Å². The maximum absolute atomic E-state index is 11.5. The van der Waals surface area contributed by atoms with Gasteiger partial charge in [-0.2, -0.15) is 0 Å². The first-order chi connectivity index (χ1) is 10.3. The van der Waals surface area contributed by atoms with Crippen LogP contribution in [0.15, 0.2) is 24.3 Å². The molecule has 0 saturated carbocycles. The van der Waals surface area contributed by atoms with Gasteiger partial charge in [0.05, 0.1) is 0 Å². The maximum atomic E-state index is 11.5. The summed E-state index contributed by atoms with van der Waals surface area (Å²) in [6, 6.07) is 7.38. The van der Waals surface area contributed by atoms with E-state index in [-0.39, 0.29) is 12.8 Å². The number of benzene rings is 1. The summed E-state index contributed by atoms with van der Waals surface area (Å²) in [6.45, 7) is 2.11. The number of ether oxygens (including phenoxy) is 2. The zero-order valence-electron chi connectivity index (χ0n) is 12.2. The van der Waals surface area contributed by atoms with Crippen molar-refractivity contribution >= 4 is 6.09 Å². The molecule has 1 N–H and O–H groups in total. The number of nitrogens with one attached hydrogen (secondary N) is 1. The predicted molar refractivity (Wildman–Crippen MR) is 79.9 cm³/mol. The minimum absolute atomic E-state index is 0.218. The van der Waals surface area contributed by atoms with Gasteiger partial charge in [-0.15, -0.1) is 6.42 Å². The largest absolute Gasteiger partial charge is 0.412 e. The normalized spacial score (nSPS) is 16.2. The van der Waals surface area contributed by atoms with E-state index in [0.29, 0.717) is 5.75 Å². The van der Waals surface area contributed by atoms with Crippen LogP contribution in [0.2, 0.25) is 0 Å². The van der Waals surface area contributed by atoms with Crippen LogP contribution in [0.1, 0.15) is 24.6 Å². The maximum Gasteiger partial charge on any atom is 0.412 e. The number of nitrogens with zero attached hydrogens (tertiary/aromatic N) is 1. The number of hydrogen-bond acceptors (Lipinski definition) is 4. The summed E-state index contributed by atoms with van der Waals surface area (Å²) in [4.78, 5) is 13.7. The van der Waals surface area contributed by atoms with Gasteiger partial charge in [-0.05, 0) is 18.9 Å². The van der Waals surface area contributed by atoms with Gasteiger partial charge < -0.3 is 14.8 Å². The number of carbonyl (C=O) groups is 1. The molecule has 5 heteroatoms. The van der Waals surface area contributed by atoms with Crippen molar-refractivity contribution in [3.8, 4) is 18.1 Å². The second kappa shape index (κ2) is 7.67. The number of likely N-dealkylation sites (tertiary alicyclic amines) is 1. The summed E-state index contributed by atoms with van der Waals surface area (Å²) in [7, 11) is 1.53. The third kappa shape index (κ3) is 3.97. The SMILES string of the molecule is C#CCOC(c1ccccc1OC(=O)NC)N1CCCC1. The monoisotopic (exact) mass is 288 g/mol. The number of amides is 1. The fraction of sp³-hybridized carbons (Fsp3) is 0.438. The summed E-state index contributed by atoms with van der Waals surface area (Å²) < 4.78 is 11.1. The molecule has 1 atom stereocenters. The summed E-state index contributed by atoms with van der Waals surface area (Å²) in [5.74, 6) is 2.99. The van der Waals surface area contributed by atoms with Crippen LogP contribution >= 0.6 is 0 Å². The Morgan fingerprint density at radius 3 is 2.81 bits per heavy atom. The Kier molecular flexibility index (Phi) is 5.61. The van der Waals surface area contributed by atoms with Crippen molar-refractivity contribution in [2.24, 2.45) is 0 Å². The van der Waals surface area contributed by atoms with E-state index < -0.39 is 6.09 Å². The van der Waals surface area contributed by atoms with Crippen LogP contribution in [0, 0.1) is 12.3 Å². The van der Waals surface area contributed by atoms with Gasteiger partial charge in [0.1, 0.15) is 18.6 Å². The lowest BCUT2D eigenvalue weighted by molar-refractivity contribution is -0.0381. The molecule has 0 bridgehead atoms. The molecule has 1 aromatic carbocycles. The third-order valence-electron chi connectivity index (χ3n) is 3.39. The average Bonchev–Trinajstić information content (AvgIpc) is 3.03. The molecule has 5 nitrogen and oxygen atoms in total. The first-order valence-electron chi connectivity index (χ1n) is 7.04. The minimum Gasteiger partial charge on any atom is -0.410 e. The van der Waals surface area contributed by atoms with Crippen molar-refractivity contribution in [2.45, 2.75) is 19.1 Å². The molecule has 0 aromatic heterocycles. The lowest BCUT2D eigenvalue weighted by atomic mass is 10.1. The van der Waals surface area contributed by atoms with Gasteiger partial charge in [0.2, 0.25) is 0 Å². The molecule has 21 heavy (non-hydrogen) atoms. The number of hydrogen-bond donors (Lipinski definition) is 1. The average molecular weight is 288 g/mol. The van der Waals surface area contributed by atoms with Gasteiger partial charge in [-0.1, -0.05) is 24.1 Å². The van der Waals surface area contributed by atoms with Crippen molar-refractivity contribution in [1.29, 1.82) is 0 Å². The molecule has 1 aliphatic rings. The van der Waals surface area contributed by atoms with Crippen molar-refractivity contribution in [3.05, 3.63) is 29.8 Å². The summed E-state index contributed by atoms with van der Waals surface area (Å²) >= 11 is 0. The fourth-order valence-corrected chi connectivity index (χ4v) is 2.42. The Morgan fingerprint density at radius 2 is 2.14 bits per heavy atom. The molecule has 1 aromatic rings. The molecule has 1 heterocycles. The summed E-state index contributed by atoms with van der Waals surface area (Å²) in [6.07, 6.45) is 6.78. The Labute approximate surface area is 125 Å². The number of para-hydroxylation sites is 1. The highest BCUT2D eigenvalue weighted by molar-refractivity contribution is 5.70. The van der Waals surface area contributed by atoms with E-state index in [1.807, 2.05) is 18.2 Å². The zero-order chi connectivity index (χ0) is 15.1. The first kappa shape index (κ1) is 15.4. The zero-order valence-corrected chi connectivity index (χ0v) is 12.2. The smallest absolute Gasteiger partial charge is 0.410 e. The number of carbonyl (C=O) groups excluding carboxylic acids is 1. The van der Waals surface area contributed by atoms with Gasteiger partial charge in [-0.25, -0.2) is 4.79 Å². The molecule has 0 aliphatic carbocycles. The molecule has 2 rings (SSSR count). The molecule has 1 unspecified atom stereocenters. The second-order valence-corrected chi connectivity index (χ2v) is 4.79. The molecule has 1 aliphatic heterocycles. The molecular weight excluding hydrogens is 268 g/mol. The molecule has 112 valence electrons. The minimum atomic E-state index is -0.500. The fourth-order valence-electron chi connectivity index (χ4n) is 2.42.